The highest BCUT2D eigenvalue weighted by molar-refractivity contribution is 5.75. The first-order valence-electron chi connectivity index (χ1n) is 5.11. The molecule has 0 spiro atoms. The number of rotatable bonds is 1. The van der Waals surface area contributed by atoms with Crippen LogP contribution in [0.25, 0.3) is 0 Å². The number of amides is 2. The van der Waals surface area contributed by atoms with Gasteiger partial charge in [-0.2, -0.15) is 0 Å². The first-order valence-corrected chi connectivity index (χ1v) is 5.11. The molecule has 0 unspecified atom stereocenters. The Labute approximate surface area is 87.6 Å². The molecule has 0 saturated carbocycles. The van der Waals surface area contributed by atoms with E-state index in [2.05, 4.69) is 31.4 Å². The van der Waals surface area contributed by atoms with E-state index in [4.69, 9.17) is 0 Å². The van der Waals surface area contributed by atoms with Gasteiger partial charge in [-0.1, -0.05) is 20.8 Å². The topological polar surface area (TPSA) is 41.1 Å². The normalized spacial score (nSPS) is 14.8. The van der Waals surface area contributed by atoms with Crippen LogP contribution in [0.1, 0.15) is 48.5 Å². The molecule has 0 aromatic rings. The van der Waals surface area contributed by atoms with Gasteiger partial charge >= 0.3 is 6.03 Å². The van der Waals surface area contributed by atoms with Gasteiger partial charge in [0, 0.05) is 11.6 Å². The van der Waals surface area contributed by atoms with Gasteiger partial charge in [0.25, 0.3) is 0 Å². The maximum atomic E-state index is 11.5. The monoisotopic (exact) mass is 200 g/mol. The smallest absolute Gasteiger partial charge is 0.315 e. The highest BCUT2D eigenvalue weighted by atomic mass is 16.2. The molecule has 0 saturated heterocycles. The summed E-state index contributed by atoms with van der Waals surface area (Å²) in [6, 6.07) is 0.0600. The minimum atomic E-state index is -0.179. The van der Waals surface area contributed by atoms with Crippen molar-refractivity contribution in [1.82, 2.24) is 10.6 Å². The second-order valence-electron chi connectivity index (χ2n) is 5.94. The number of hydrogen-bond acceptors (Lipinski definition) is 1. The molecule has 0 heterocycles. The third kappa shape index (κ3) is 5.84. The Morgan fingerprint density at radius 3 is 1.79 bits per heavy atom. The molecule has 0 aliphatic heterocycles. The summed E-state index contributed by atoms with van der Waals surface area (Å²) in [6.07, 6.45) is 0. The van der Waals surface area contributed by atoms with E-state index in [0.717, 1.165) is 0 Å². The summed E-state index contributed by atoms with van der Waals surface area (Å²) in [5.41, 5.74) is -0.0864. The largest absolute Gasteiger partial charge is 0.335 e. The van der Waals surface area contributed by atoms with Crippen LogP contribution in [0.3, 0.4) is 0 Å². The molecule has 3 nitrogen and oxygen atoms in total. The first-order chi connectivity index (χ1) is 6.02. The van der Waals surface area contributed by atoms with Crippen molar-refractivity contribution in [3.8, 4) is 0 Å². The molecule has 2 amide bonds. The Hall–Kier alpha value is -0.730. The van der Waals surface area contributed by atoms with Crippen LogP contribution in [0.5, 0.6) is 0 Å². The van der Waals surface area contributed by atoms with Gasteiger partial charge in [-0.15, -0.1) is 0 Å². The molecule has 0 fully saturated rings. The molecule has 3 heteroatoms. The summed E-state index contributed by atoms with van der Waals surface area (Å²) in [6.45, 7) is 14.2. The van der Waals surface area contributed by atoms with Crippen LogP contribution >= 0.6 is 0 Å². The molecule has 84 valence electrons. The maximum Gasteiger partial charge on any atom is 0.315 e. The summed E-state index contributed by atoms with van der Waals surface area (Å²) >= 11 is 0. The van der Waals surface area contributed by atoms with E-state index in [1.165, 1.54) is 0 Å². The van der Waals surface area contributed by atoms with Crippen LogP contribution in [0.15, 0.2) is 0 Å². The zero-order valence-corrected chi connectivity index (χ0v) is 10.5. The Bertz CT molecular complexity index is 198. The van der Waals surface area contributed by atoms with Crippen molar-refractivity contribution in [3.05, 3.63) is 0 Å². The summed E-state index contributed by atoms with van der Waals surface area (Å²) in [7, 11) is 0. The fraction of sp³-hybridized carbons (Fsp3) is 0.909. The Balaban J connectivity index is 4.09. The van der Waals surface area contributed by atoms with E-state index >= 15 is 0 Å². The van der Waals surface area contributed by atoms with Crippen molar-refractivity contribution >= 4 is 6.03 Å². The summed E-state index contributed by atoms with van der Waals surface area (Å²) < 4.78 is 0. The second kappa shape index (κ2) is 4.20. The molecule has 0 aliphatic carbocycles. The quantitative estimate of drug-likeness (QED) is 0.671. The van der Waals surface area contributed by atoms with E-state index < -0.39 is 0 Å². The van der Waals surface area contributed by atoms with Gasteiger partial charge in [-0.05, 0) is 33.1 Å². The molecule has 0 aromatic carbocycles. The first kappa shape index (κ1) is 13.3. The predicted molar refractivity (Wildman–Crippen MR) is 60.3 cm³/mol. The van der Waals surface area contributed by atoms with Gasteiger partial charge in [-0.3, -0.25) is 0 Å². The zero-order valence-electron chi connectivity index (χ0n) is 10.5. The number of urea groups is 1. The molecule has 0 rings (SSSR count). The highest BCUT2D eigenvalue weighted by Gasteiger charge is 2.23. The van der Waals surface area contributed by atoms with Crippen molar-refractivity contribution in [3.63, 3.8) is 0 Å². The minimum Gasteiger partial charge on any atom is -0.335 e. The number of carbonyl (C=O) groups is 1. The lowest BCUT2D eigenvalue weighted by atomic mass is 9.88. The SMILES string of the molecule is C[C@H](NC(=O)NC(C)(C)C)C(C)(C)C. The molecule has 14 heavy (non-hydrogen) atoms. The van der Waals surface area contributed by atoms with Gasteiger partial charge in [0.15, 0.2) is 0 Å². The van der Waals surface area contributed by atoms with E-state index in [1.807, 2.05) is 27.7 Å². The van der Waals surface area contributed by atoms with Gasteiger partial charge in [0.2, 0.25) is 0 Å². The number of hydrogen-bond donors (Lipinski definition) is 2. The zero-order chi connectivity index (χ0) is 11.6. The standard InChI is InChI=1S/C11H24N2O/c1-8(10(2,3)4)12-9(14)13-11(5,6)7/h8H,1-7H3,(H2,12,13,14)/t8-/m0/s1. The number of carbonyl (C=O) groups excluding carboxylic acids is 1. The van der Waals surface area contributed by atoms with Crippen molar-refractivity contribution in [2.24, 2.45) is 5.41 Å². The Morgan fingerprint density at radius 2 is 1.50 bits per heavy atom. The lowest BCUT2D eigenvalue weighted by Crippen LogP contribution is -2.51. The molecule has 0 aromatic heterocycles. The summed E-state index contributed by atoms with van der Waals surface area (Å²) in [4.78, 5) is 11.5. The van der Waals surface area contributed by atoms with Gasteiger partial charge in [-0.25, -0.2) is 4.79 Å². The molecule has 2 N–H and O–H groups in total. The molecule has 0 aliphatic rings. The molecule has 0 radical (unpaired) electrons. The maximum absolute atomic E-state index is 11.5. The van der Waals surface area contributed by atoms with E-state index in [0.29, 0.717) is 0 Å². The van der Waals surface area contributed by atoms with Gasteiger partial charge in [0.05, 0.1) is 0 Å². The minimum absolute atomic E-state index is 0.0925. The van der Waals surface area contributed by atoms with Crippen molar-refractivity contribution in [1.29, 1.82) is 0 Å². The van der Waals surface area contributed by atoms with E-state index in [9.17, 15) is 4.79 Å². The fourth-order valence-corrected chi connectivity index (χ4v) is 0.790. The second-order valence-corrected chi connectivity index (χ2v) is 5.94. The van der Waals surface area contributed by atoms with Crippen LogP contribution in [-0.2, 0) is 0 Å². The predicted octanol–water partition coefficient (Wildman–Crippen LogP) is 2.52. The van der Waals surface area contributed by atoms with Crippen molar-refractivity contribution in [2.45, 2.75) is 60.0 Å². The average molecular weight is 200 g/mol. The molecule has 1 atom stereocenters. The van der Waals surface area contributed by atoms with Crippen LogP contribution in [0, 0.1) is 5.41 Å². The summed E-state index contributed by atoms with van der Waals surface area (Å²) in [5.74, 6) is 0. The summed E-state index contributed by atoms with van der Waals surface area (Å²) in [5, 5.41) is 5.80. The Morgan fingerprint density at radius 1 is 1.07 bits per heavy atom. The molecular formula is C11H24N2O. The fourth-order valence-electron chi connectivity index (χ4n) is 0.790. The van der Waals surface area contributed by atoms with Gasteiger partial charge in [0.1, 0.15) is 0 Å². The lowest BCUT2D eigenvalue weighted by Gasteiger charge is -2.30. The van der Waals surface area contributed by atoms with E-state index in [1.54, 1.807) is 0 Å². The Kier molecular flexibility index (Phi) is 3.98. The lowest BCUT2D eigenvalue weighted by molar-refractivity contribution is 0.214. The average Bonchev–Trinajstić information content (AvgIpc) is 1.79. The van der Waals surface area contributed by atoms with Gasteiger partial charge < -0.3 is 10.6 Å². The number of nitrogens with one attached hydrogen (secondary N) is 2. The third-order valence-electron chi connectivity index (χ3n) is 2.14. The van der Waals surface area contributed by atoms with E-state index in [-0.39, 0.29) is 23.0 Å². The third-order valence-corrected chi connectivity index (χ3v) is 2.14. The van der Waals surface area contributed by atoms with Crippen LogP contribution < -0.4 is 10.6 Å². The van der Waals surface area contributed by atoms with Crippen molar-refractivity contribution in [2.75, 3.05) is 0 Å². The molecular weight excluding hydrogens is 176 g/mol. The van der Waals surface area contributed by atoms with Crippen LogP contribution in [0.4, 0.5) is 4.79 Å². The van der Waals surface area contributed by atoms with Crippen molar-refractivity contribution < 1.29 is 4.79 Å². The molecule has 0 bridgehead atoms. The highest BCUT2D eigenvalue weighted by Crippen LogP contribution is 2.18. The van der Waals surface area contributed by atoms with Crippen LogP contribution in [0.2, 0.25) is 0 Å². The van der Waals surface area contributed by atoms with Crippen LogP contribution in [-0.4, -0.2) is 17.6 Å².